The van der Waals surface area contributed by atoms with Gasteiger partial charge in [-0.05, 0) is 44.1 Å². The molecule has 4 heterocycles. The molecule has 1 saturated carbocycles. The number of fused-ring (bicyclic) bond motifs is 3. The van der Waals surface area contributed by atoms with Crippen LogP contribution in [-0.2, 0) is 0 Å². The minimum atomic E-state index is -0.609. The fourth-order valence-corrected chi connectivity index (χ4v) is 5.15. The molecule has 2 aromatic rings. The minimum Gasteiger partial charge on any atom is -0.368 e. The van der Waals surface area contributed by atoms with Crippen molar-refractivity contribution in [1.82, 2.24) is 20.2 Å². The van der Waals surface area contributed by atoms with Crippen LogP contribution >= 0.6 is 0 Å². The van der Waals surface area contributed by atoms with E-state index in [2.05, 4.69) is 37.7 Å². The number of rotatable bonds is 3. The third kappa shape index (κ3) is 3.10. The number of nitrogens with one attached hydrogen (secondary N) is 2. The summed E-state index contributed by atoms with van der Waals surface area (Å²) in [7, 11) is 0. The van der Waals surface area contributed by atoms with Crippen molar-refractivity contribution in [3.8, 4) is 0 Å². The van der Waals surface area contributed by atoms with E-state index in [1.807, 2.05) is 12.4 Å². The highest BCUT2D eigenvalue weighted by molar-refractivity contribution is 5.97. The molecule has 0 amide bonds. The molecule has 2 fully saturated rings. The zero-order chi connectivity index (χ0) is 18.4. The zero-order valence-corrected chi connectivity index (χ0v) is 15.8. The van der Waals surface area contributed by atoms with E-state index in [0.717, 1.165) is 43.1 Å². The van der Waals surface area contributed by atoms with E-state index in [9.17, 15) is 4.39 Å². The molecule has 0 spiro atoms. The fraction of sp³-hybridized carbons (Fsp3) is 0.571. The van der Waals surface area contributed by atoms with Gasteiger partial charge in [-0.3, -0.25) is 0 Å². The lowest BCUT2D eigenvalue weighted by Gasteiger charge is -2.42. The van der Waals surface area contributed by atoms with Gasteiger partial charge >= 0.3 is 0 Å². The van der Waals surface area contributed by atoms with Gasteiger partial charge in [0.05, 0.1) is 12.4 Å². The first kappa shape index (κ1) is 17.0. The van der Waals surface area contributed by atoms with E-state index < -0.39 is 6.17 Å². The number of aromatic nitrogens is 2. The molecule has 0 unspecified atom stereocenters. The maximum atomic E-state index is 13.4. The number of H-pyrrole nitrogens is 1. The number of anilines is 1. The van der Waals surface area contributed by atoms with Gasteiger partial charge in [0.1, 0.15) is 11.8 Å². The third-order valence-corrected chi connectivity index (χ3v) is 6.62. The molecular formula is C21H28FN5. The summed E-state index contributed by atoms with van der Waals surface area (Å²) >= 11 is 0. The van der Waals surface area contributed by atoms with Crippen LogP contribution in [0.2, 0.25) is 0 Å². The molecular weight excluding hydrogens is 341 g/mol. The Bertz CT molecular complexity index is 838. The molecule has 0 bridgehead atoms. The number of alkyl halides is 1. The molecule has 5 rings (SSSR count). The van der Waals surface area contributed by atoms with Crippen molar-refractivity contribution in [1.29, 1.82) is 0 Å². The minimum absolute atomic E-state index is 0.536. The topological polar surface area (TPSA) is 47.2 Å². The second-order valence-electron chi connectivity index (χ2n) is 8.36. The van der Waals surface area contributed by atoms with Gasteiger partial charge in [-0.1, -0.05) is 6.58 Å². The van der Waals surface area contributed by atoms with Crippen molar-refractivity contribution in [2.45, 2.75) is 44.3 Å². The van der Waals surface area contributed by atoms with Gasteiger partial charge < -0.3 is 20.1 Å². The molecule has 0 aromatic carbocycles. The summed E-state index contributed by atoms with van der Waals surface area (Å²) in [6.07, 6.45) is 8.85. The van der Waals surface area contributed by atoms with Crippen LogP contribution in [0.15, 0.2) is 25.0 Å². The predicted octanol–water partition coefficient (Wildman–Crippen LogP) is 3.50. The summed E-state index contributed by atoms with van der Waals surface area (Å²) < 4.78 is 13.4. The largest absolute Gasteiger partial charge is 0.368 e. The lowest BCUT2D eigenvalue weighted by molar-refractivity contribution is 0.209. The molecule has 2 aromatic heterocycles. The number of likely N-dealkylation sites (tertiary alicyclic amines) is 1. The van der Waals surface area contributed by atoms with Gasteiger partial charge in [0.15, 0.2) is 0 Å². The maximum Gasteiger partial charge on any atom is 0.139 e. The zero-order valence-electron chi connectivity index (χ0n) is 15.8. The Morgan fingerprint density at radius 3 is 2.85 bits per heavy atom. The Labute approximate surface area is 159 Å². The summed E-state index contributed by atoms with van der Waals surface area (Å²) in [5.41, 5.74) is 4.28. The molecule has 27 heavy (non-hydrogen) atoms. The Morgan fingerprint density at radius 2 is 2.07 bits per heavy atom. The first-order chi connectivity index (χ1) is 13.2. The molecule has 2 aliphatic heterocycles. The fourth-order valence-electron chi connectivity index (χ4n) is 5.15. The van der Waals surface area contributed by atoms with E-state index >= 15 is 0 Å². The highest BCUT2D eigenvalue weighted by Crippen LogP contribution is 2.39. The normalized spacial score (nSPS) is 29.1. The quantitative estimate of drug-likeness (QED) is 0.869. The monoisotopic (exact) mass is 369 g/mol. The van der Waals surface area contributed by atoms with Crippen LogP contribution in [0, 0.1) is 5.92 Å². The summed E-state index contributed by atoms with van der Waals surface area (Å²) in [6.45, 7) is 7.64. The van der Waals surface area contributed by atoms with Crippen molar-refractivity contribution < 1.29 is 4.39 Å². The third-order valence-electron chi connectivity index (χ3n) is 6.62. The van der Waals surface area contributed by atoms with Crippen LogP contribution in [0.4, 0.5) is 10.1 Å². The standard InChI is InChI=1S/C21H28FN5/c1-14-19-10-24-21-18(6-8-23-21)20(19)27(13-25-14)17-4-2-15(3-5-17)11-26-9-7-16(22)12-26/h6,8,10,15-17,25H,1-5,7,9,11-13H2,(H,23,24)/t15?,16-,17?/m0/s1. The molecule has 0 radical (unpaired) electrons. The van der Waals surface area contributed by atoms with Crippen LogP contribution in [0.5, 0.6) is 0 Å². The molecule has 1 aliphatic carbocycles. The number of pyridine rings is 1. The van der Waals surface area contributed by atoms with Gasteiger partial charge in [0.2, 0.25) is 0 Å². The summed E-state index contributed by atoms with van der Waals surface area (Å²) in [5, 5.41) is 4.63. The van der Waals surface area contributed by atoms with E-state index in [1.54, 1.807) is 0 Å². The smallest absolute Gasteiger partial charge is 0.139 e. The molecule has 6 heteroatoms. The first-order valence-electron chi connectivity index (χ1n) is 10.2. The van der Waals surface area contributed by atoms with Gasteiger partial charge in [-0.25, -0.2) is 9.37 Å². The molecule has 5 nitrogen and oxygen atoms in total. The molecule has 1 saturated heterocycles. The van der Waals surface area contributed by atoms with Crippen molar-refractivity contribution in [3.63, 3.8) is 0 Å². The highest BCUT2D eigenvalue weighted by Gasteiger charge is 2.32. The van der Waals surface area contributed by atoms with Crippen molar-refractivity contribution in [2.24, 2.45) is 5.92 Å². The summed E-state index contributed by atoms with van der Waals surface area (Å²) in [4.78, 5) is 12.6. The molecule has 3 aliphatic rings. The Hall–Kier alpha value is -2.08. The highest BCUT2D eigenvalue weighted by atomic mass is 19.1. The van der Waals surface area contributed by atoms with Crippen LogP contribution in [-0.4, -0.2) is 53.4 Å². The van der Waals surface area contributed by atoms with Crippen LogP contribution in [0.1, 0.15) is 37.7 Å². The lowest BCUT2D eigenvalue weighted by Crippen LogP contribution is -2.47. The number of nitrogens with zero attached hydrogens (tertiary/aromatic N) is 3. The van der Waals surface area contributed by atoms with Crippen molar-refractivity contribution in [2.75, 3.05) is 31.2 Å². The van der Waals surface area contributed by atoms with Gasteiger partial charge in [0, 0.05) is 54.7 Å². The predicted molar refractivity (Wildman–Crippen MR) is 107 cm³/mol. The summed E-state index contributed by atoms with van der Waals surface area (Å²) in [6, 6.07) is 2.66. The number of hydrogen-bond acceptors (Lipinski definition) is 4. The SMILES string of the molecule is C=C1NCN(C2CCC(CN3CC[C@H](F)C3)CC2)c2c1cnc1[nH]ccc21. The van der Waals surface area contributed by atoms with E-state index in [4.69, 9.17) is 0 Å². The van der Waals surface area contributed by atoms with Gasteiger partial charge in [-0.15, -0.1) is 0 Å². The van der Waals surface area contributed by atoms with Crippen LogP contribution in [0.25, 0.3) is 16.7 Å². The first-order valence-corrected chi connectivity index (χ1v) is 10.2. The van der Waals surface area contributed by atoms with Crippen LogP contribution in [0.3, 0.4) is 0 Å². The Balaban J connectivity index is 1.31. The second kappa shape index (κ2) is 6.82. The molecule has 1 atom stereocenters. The average Bonchev–Trinajstić information content (AvgIpc) is 3.31. The van der Waals surface area contributed by atoms with E-state index in [-0.39, 0.29) is 0 Å². The maximum absolute atomic E-state index is 13.4. The lowest BCUT2D eigenvalue weighted by atomic mass is 9.84. The second-order valence-corrected chi connectivity index (χ2v) is 8.36. The van der Waals surface area contributed by atoms with Gasteiger partial charge in [0.25, 0.3) is 0 Å². The number of aromatic amines is 1. The Kier molecular flexibility index (Phi) is 4.31. The van der Waals surface area contributed by atoms with Gasteiger partial charge in [-0.2, -0.15) is 0 Å². The van der Waals surface area contributed by atoms with Crippen molar-refractivity contribution in [3.05, 3.63) is 30.6 Å². The van der Waals surface area contributed by atoms with Crippen LogP contribution < -0.4 is 10.2 Å². The van der Waals surface area contributed by atoms with E-state index in [1.165, 1.54) is 36.8 Å². The average molecular weight is 369 g/mol. The number of halogens is 1. The Morgan fingerprint density at radius 1 is 1.22 bits per heavy atom. The number of hydrogen-bond donors (Lipinski definition) is 2. The molecule has 2 N–H and O–H groups in total. The molecule has 144 valence electrons. The van der Waals surface area contributed by atoms with Crippen molar-refractivity contribution >= 4 is 22.4 Å². The summed E-state index contributed by atoms with van der Waals surface area (Å²) in [5.74, 6) is 0.712. The van der Waals surface area contributed by atoms with E-state index in [0.29, 0.717) is 18.5 Å².